The second kappa shape index (κ2) is 8.25. The van der Waals surface area contributed by atoms with E-state index in [0.717, 1.165) is 55.8 Å². The predicted molar refractivity (Wildman–Crippen MR) is 83.8 cm³/mol. The van der Waals surface area contributed by atoms with E-state index >= 15 is 0 Å². The molecular formula is C17H27NO3. The summed E-state index contributed by atoms with van der Waals surface area (Å²) in [4.78, 5) is 0. The van der Waals surface area contributed by atoms with Gasteiger partial charge < -0.3 is 19.9 Å². The van der Waals surface area contributed by atoms with Crippen molar-refractivity contribution in [2.24, 2.45) is 5.73 Å². The Morgan fingerprint density at radius 1 is 1.24 bits per heavy atom. The highest BCUT2D eigenvalue weighted by molar-refractivity contribution is 5.40. The third kappa shape index (κ3) is 4.61. The molecule has 2 N–H and O–H groups in total. The molecule has 0 aromatic heterocycles. The molecule has 1 aromatic rings. The first-order valence-electron chi connectivity index (χ1n) is 7.92. The number of benzene rings is 1. The van der Waals surface area contributed by atoms with E-state index in [4.69, 9.17) is 19.9 Å². The van der Waals surface area contributed by atoms with Crippen molar-refractivity contribution in [2.75, 3.05) is 13.7 Å². The normalized spacial score (nSPS) is 22.0. The third-order valence-electron chi connectivity index (χ3n) is 3.94. The number of hydrogen-bond donors (Lipinski definition) is 1. The first-order valence-corrected chi connectivity index (χ1v) is 7.92. The highest BCUT2D eigenvalue weighted by atomic mass is 16.5. The minimum atomic E-state index is 0.204. The molecule has 1 fully saturated rings. The van der Waals surface area contributed by atoms with Gasteiger partial charge in [0.1, 0.15) is 17.6 Å². The van der Waals surface area contributed by atoms with Crippen LogP contribution in [0.25, 0.3) is 0 Å². The van der Waals surface area contributed by atoms with Crippen LogP contribution in [-0.2, 0) is 11.3 Å². The quantitative estimate of drug-likeness (QED) is 0.838. The standard InChI is InChI=1S/C17H27NO3/c1-3-9-20-15-8-7-13(12-18)17(11-15)21-16-6-4-5-14(10-16)19-2/h7-8,11,14,16H,3-6,9-10,12,18H2,1-2H3. The van der Waals surface area contributed by atoms with E-state index in [1.54, 1.807) is 7.11 Å². The van der Waals surface area contributed by atoms with Crippen LogP contribution in [0.4, 0.5) is 0 Å². The van der Waals surface area contributed by atoms with Crippen LogP contribution >= 0.6 is 0 Å². The van der Waals surface area contributed by atoms with Crippen LogP contribution in [-0.4, -0.2) is 25.9 Å². The summed E-state index contributed by atoms with van der Waals surface area (Å²) in [7, 11) is 1.78. The molecule has 1 aliphatic carbocycles. The first kappa shape index (κ1) is 16.1. The highest BCUT2D eigenvalue weighted by Gasteiger charge is 2.23. The van der Waals surface area contributed by atoms with Gasteiger partial charge in [0, 0.05) is 31.7 Å². The summed E-state index contributed by atoms with van der Waals surface area (Å²) in [6, 6.07) is 5.93. The number of methoxy groups -OCH3 is 1. The maximum Gasteiger partial charge on any atom is 0.127 e. The van der Waals surface area contributed by atoms with E-state index in [2.05, 4.69) is 6.92 Å². The zero-order valence-electron chi connectivity index (χ0n) is 13.1. The van der Waals surface area contributed by atoms with E-state index < -0.39 is 0 Å². The second-order valence-corrected chi connectivity index (χ2v) is 5.59. The van der Waals surface area contributed by atoms with E-state index in [9.17, 15) is 0 Å². The van der Waals surface area contributed by atoms with Gasteiger partial charge in [0.05, 0.1) is 12.7 Å². The molecule has 4 nitrogen and oxygen atoms in total. The van der Waals surface area contributed by atoms with Crippen LogP contribution in [0.2, 0.25) is 0 Å². The van der Waals surface area contributed by atoms with E-state index in [-0.39, 0.29) is 6.10 Å². The van der Waals surface area contributed by atoms with Crippen molar-refractivity contribution in [1.29, 1.82) is 0 Å². The summed E-state index contributed by atoms with van der Waals surface area (Å²) in [5.74, 6) is 1.70. The van der Waals surface area contributed by atoms with Crippen LogP contribution < -0.4 is 15.2 Å². The van der Waals surface area contributed by atoms with Gasteiger partial charge >= 0.3 is 0 Å². The van der Waals surface area contributed by atoms with Gasteiger partial charge in [-0.15, -0.1) is 0 Å². The molecule has 0 spiro atoms. The molecule has 1 aliphatic rings. The van der Waals surface area contributed by atoms with Crippen LogP contribution in [0.3, 0.4) is 0 Å². The van der Waals surface area contributed by atoms with Gasteiger partial charge in [-0.3, -0.25) is 0 Å². The molecule has 2 unspecified atom stereocenters. The molecule has 4 heteroatoms. The average molecular weight is 293 g/mol. The van der Waals surface area contributed by atoms with Crippen LogP contribution in [0.15, 0.2) is 18.2 Å². The molecule has 0 radical (unpaired) electrons. The predicted octanol–water partition coefficient (Wildman–Crippen LogP) is 3.27. The van der Waals surface area contributed by atoms with Crippen molar-refractivity contribution < 1.29 is 14.2 Å². The maximum atomic E-state index is 6.19. The smallest absolute Gasteiger partial charge is 0.127 e. The van der Waals surface area contributed by atoms with E-state index in [1.807, 2.05) is 18.2 Å². The summed E-state index contributed by atoms with van der Waals surface area (Å²) in [5.41, 5.74) is 6.84. The number of hydrogen-bond acceptors (Lipinski definition) is 4. The SMILES string of the molecule is CCCOc1ccc(CN)c(OC2CCCC(OC)C2)c1. The van der Waals surface area contributed by atoms with E-state index in [1.165, 1.54) is 0 Å². The molecule has 2 atom stereocenters. The highest BCUT2D eigenvalue weighted by Crippen LogP contribution is 2.30. The first-order chi connectivity index (χ1) is 10.3. The Kier molecular flexibility index (Phi) is 6.33. The Balaban J connectivity index is 2.05. The fraction of sp³-hybridized carbons (Fsp3) is 0.647. The monoisotopic (exact) mass is 293 g/mol. The molecule has 0 heterocycles. The Labute approximate surface area is 127 Å². The molecule has 1 saturated carbocycles. The summed E-state index contributed by atoms with van der Waals surface area (Å²) in [5, 5.41) is 0. The fourth-order valence-corrected chi connectivity index (χ4v) is 2.73. The summed E-state index contributed by atoms with van der Waals surface area (Å²) in [6.45, 7) is 3.29. The van der Waals surface area contributed by atoms with Crippen molar-refractivity contribution in [3.63, 3.8) is 0 Å². The Morgan fingerprint density at radius 2 is 2.05 bits per heavy atom. The molecule has 2 rings (SSSR count). The van der Waals surface area contributed by atoms with Gasteiger partial charge in [-0.05, 0) is 31.7 Å². The summed E-state index contributed by atoms with van der Waals surface area (Å²) in [6.07, 6.45) is 5.80. The lowest BCUT2D eigenvalue weighted by atomic mass is 9.95. The fourth-order valence-electron chi connectivity index (χ4n) is 2.73. The van der Waals surface area contributed by atoms with Crippen LogP contribution in [0.5, 0.6) is 11.5 Å². The van der Waals surface area contributed by atoms with Gasteiger partial charge in [0.15, 0.2) is 0 Å². The molecule has 0 aliphatic heterocycles. The Bertz CT molecular complexity index is 436. The molecular weight excluding hydrogens is 266 g/mol. The molecule has 21 heavy (non-hydrogen) atoms. The van der Waals surface area contributed by atoms with Gasteiger partial charge in [-0.25, -0.2) is 0 Å². The van der Waals surface area contributed by atoms with Gasteiger partial charge in [0.25, 0.3) is 0 Å². The number of nitrogens with two attached hydrogens (primary N) is 1. The zero-order chi connectivity index (χ0) is 15.1. The third-order valence-corrected chi connectivity index (χ3v) is 3.94. The van der Waals surface area contributed by atoms with Crippen molar-refractivity contribution >= 4 is 0 Å². The molecule has 1 aromatic carbocycles. The Morgan fingerprint density at radius 3 is 2.76 bits per heavy atom. The number of ether oxygens (including phenoxy) is 3. The van der Waals surface area contributed by atoms with Gasteiger partial charge in [0.2, 0.25) is 0 Å². The van der Waals surface area contributed by atoms with Crippen LogP contribution in [0, 0.1) is 0 Å². The zero-order valence-corrected chi connectivity index (χ0v) is 13.1. The Hall–Kier alpha value is -1.26. The summed E-state index contributed by atoms with van der Waals surface area (Å²) >= 11 is 0. The second-order valence-electron chi connectivity index (χ2n) is 5.59. The van der Waals surface area contributed by atoms with Gasteiger partial charge in [-0.1, -0.05) is 13.0 Å². The van der Waals surface area contributed by atoms with Crippen molar-refractivity contribution in [3.05, 3.63) is 23.8 Å². The summed E-state index contributed by atoms with van der Waals surface area (Å²) < 4.78 is 17.3. The molecule has 0 amide bonds. The van der Waals surface area contributed by atoms with Gasteiger partial charge in [-0.2, -0.15) is 0 Å². The molecule has 118 valence electrons. The lowest BCUT2D eigenvalue weighted by Crippen LogP contribution is -2.29. The van der Waals surface area contributed by atoms with Crippen LogP contribution in [0.1, 0.15) is 44.6 Å². The lowest BCUT2D eigenvalue weighted by molar-refractivity contribution is 0.0206. The number of rotatable bonds is 7. The minimum absolute atomic E-state index is 0.204. The topological polar surface area (TPSA) is 53.7 Å². The molecule has 0 saturated heterocycles. The van der Waals surface area contributed by atoms with Crippen molar-refractivity contribution in [3.8, 4) is 11.5 Å². The maximum absolute atomic E-state index is 6.19. The molecule has 0 bridgehead atoms. The largest absolute Gasteiger partial charge is 0.493 e. The van der Waals surface area contributed by atoms with E-state index in [0.29, 0.717) is 12.6 Å². The minimum Gasteiger partial charge on any atom is -0.493 e. The van der Waals surface area contributed by atoms with Crippen molar-refractivity contribution in [1.82, 2.24) is 0 Å². The van der Waals surface area contributed by atoms with Crippen molar-refractivity contribution in [2.45, 2.75) is 57.8 Å². The lowest BCUT2D eigenvalue weighted by Gasteiger charge is -2.29. The average Bonchev–Trinajstić information content (AvgIpc) is 2.53.